The predicted molar refractivity (Wildman–Crippen MR) is 131 cm³/mol. The molecule has 0 amide bonds. The summed E-state index contributed by atoms with van der Waals surface area (Å²) in [5.74, 6) is 1.59. The van der Waals surface area contributed by atoms with Gasteiger partial charge in [0.25, 0.3) is 5.95 Å². The number of nitrogens with two attached hydrogens (primary N) is 1. The normalized spacial score (nSPS) is 15.4. The summed E-state index contributed by atoms with van der Waals surface area (Å²) < 4.78 is 18.1. The molecule has 184 valence electrons. The smallest absolute Gasteiger partial charge is 0.350 e. The van der Waals surface area contributed by atoms with Gasteiger partial charge >= 0.3 is 5.69 Å². The summed E-state index contributed by atoms with van der Waals surface area (Å²) in [6.07, 6.45) is 2.84. The summed E-state index contributed by atoms with van der Waals surface area (Å²) in [6.45, 7) is 2.06. The van der Waals surface area contributed by atoms with Crippen molar-refractivity contribution in [1.82, 2.24) is 24.7 Å². The fourth-order valence-electron chi connectivity index (χ4n) is 3.93. The molecule has 5 rings (SSSR count). The highest BCUT2D eigenvalue weighted by Crippen LogP contribution is 2.42. The minimum atomic E-state index is -0.612. The summed E-state index contributed by atoms with van der Waals surface area (Å²) in [6, 6.07) is 11.9. The van der Waals surface area contributed by atoms with Crippen molar-refractivity contribution >= 4 is 11.5 Å². The Morgan fingerprint density at radius 3 is 2.72 bits per heavy atom. The van der Waals surface area contributed by atoms with Crippen LogP contribution in [-0.2, 0) is 4.74 Å². The van der Waals surface area contributed by atoms with Crippen LogP contribution in [0.1, 0.15) is 41.6 Å². The third-order valence-electron chi connectivity index (χ3n) is 5.78. The lowest BCUT2D eigenvalue weighted by Crippen LogP contribution is -2.19. The predicted octanol–water partition coefficient (Wildman–Crippen LogP) is 2.27. The largest absolute Gasteiger partial charge is 0.493 e. The molecule has 0 radical (unpaired) electrons. The minimum Gasteiger partial charge on any atom is -0.493 e. The summed E-state index contributed by atoms with van der Waals surface area (Å²) in [4.78, 5) is 23.9. The zero-order chi connectivity index (χ0) is 25.2. The molecule has 1 aliphatic rings. The molecule has 2 aromatic carbocycles. The first-order chi connectivity index (χ1) is 17.4. The Bertz CT molecular complexity index is 1450. The van der Waals surface area contributed by atoms with Gasteiger partial charge in [0.2, 0.25) is 0 Å². The highest BCUT2D eigenvalue weighted by atomic mass is 16.7. The van der Waals surface area contributed by atoms with Crippen LogP contribution in [0.2, 0.25) is 0 Å². The van der Waals surface area contributed by atoms with Gasteiger partial charge in [-0.05, 0) is 55.0 Å². The molecular formula is C24H24N8O4. The van der Waals surface area contributed by atoms with E-state index in [1.54, 1.807) is 37.4 Å². The average Bonchev–Trinajstić information content (AvgIpc) is 3.29. The first-order valence-corrected chi connectivity index (χ1v) is 11.1. The number of aromatic nitrogens is 5. The second kappa shape index (κ2) is 9.50. The molecule has 0 saturated heterocycles. The molecule has 2 atom stereocenters. The standard InChI is InChI=1S/C24H24N8O4/c1-13-17-10-15(11-18(34-2)20(17)36-12-35-13)19(29-16-6-4-14(5-7-16)21(25)26)22-30-24(33)32(31-22)23-27-8-3-9-28-23/h3-11,13,19,29H,12H2,1-2H3,(H3,25,26)(H,30,31,33)/t13-,19?/m0/s1. The van der Waals surface area contributed by atoms with Gasteiger partial charge in [-0.15, -0.1) is 9.78 Å². The summed E-state index contributed by atoms with van der Waals surface area (Å²) in [5.41, 5.74) is 7.97. The molecule has 1 unspecified atom stereocenters. The van der Waals surface area contributed by atoms with E-state index in [-0.39, 0.29) is 24.7 Å². The minimum absolute atomic E-state index is 0.0301. The number of hydrogen-bond donors (Lipinski definition) is 4. The first-order valence-electron chi connectivity index (χ1n) is 11.1. The highest BCUT2D eigenvalue weighted by Gasteiger charge is 2.28. The lowest BCUT2D eigenvalue weighted by atomic mass is 9.98. The average molecular weight is 489 g/mol. The zero-order valence-corrected chi connectivity index (χ0v) is 19.6. The number of rotatable bonds is 7. The van der Waals surface area contributed by atoms with E-state index in [0.29, 0.717) is 28.6 Å². The summed E-state index contributed by atoms with van der Waals surface area (Å²) in [7, 11) is 1.56. The maximum absolute atomic E-state index is 12.8. The lowest BCUT2D eigenvalue weighted by molar-refractivity contribution is -0.0525. The van der Waals surface area contributed by atoms with E-state index in [1.165, 1.54) is 12.4 Å². The third-order valence-corrected chi connectivity index (χ3v) is 5.78. The van der Waals surface area contributed by atoms with E-state index < -0.39 is 11.7 Å². The molecule has 2 aromatic heterocycles. The number of H-pyrrole nitrogens is 1. The quantitative estimate of drug-likeness (QED) is 0.225. The number of ether oxygens (including phenoxy) is 3. The van der Waals surface area contributed by atoms with Crippen LogP contribution >= 0.6 is 0 Å². The van der Waals surface area contributed by atoms with Gasteiger partial charge in [0, 0.05) is 29.2 Å². The second-order valence-corrected chi connectivity index (χ2v) is 8.06. The van der Waals surface area contributed by atoms with E-state index in [2.05, 4.69) is 25.4 Å². The van der Waals surface area contributed by atoms with Gasteiger partial charge in [-0.2, -0.15) is 0 Å². The Hall–Kier alpha value is -4.71. The van der Waals surface area contributed by atoms with Crippen molar-refractivity contribution in [2.45, 2.75) is 19.1 Å². The number of hydrogen-bond acceptors (Lipinski definition) is 9. The van der Waals surface area contributed by atoms with E-state index in [0.717, 1.165) is 15.8 Å². The number of amidine groups is 1. The number of nitrogen functional groups attached to an aromatic ring is 1. The number of aromatic amines is 1. The van der Waals surface area contributed by atoms with Gasteiger partial charge in [0.05, 0.1) is 13.2 Å². The van der Waals surface area contributed by atoms with E-state index in [9.17, 15) is 4.79 Å². The Morgan fingerprint density at radius 1 is 1.28 bits per heavy atom. The fraction of sp³-hybridized carbons (Fsp3) is 0.208. The monoisotopic (exact) mass is 488 g/mol. The number of nitrogens with one attached hydrogen (secondary N) is 3. The van der Waals surface area contributed by atoms with Gasteiger partial charge in [0.15, 0.2) is 24.1 Å². The van der Waals surface area contributed by atoms with Crippen LogP contribution in [-0.4, -0.2) is 44.5 Å². The van der Waals surface area contributed by atoms with E-state index >= 15 is 0 Å². The van der Waals surface area contributed by atoms with Crippen molar-refractivity contribution in [3.05, 3.63) is 87.9 Å². The van der Waals surface area contributed by atoms with Gasteiger partial charge in [0.1, 0.15) is 11.9 Å². The molecular weight excluding hydrogens is 464 g/mol. The van der Waals surface area contributed by atoms with Crippen LogP contribution < -0.4 is 26.2 Å². The lowest BCUT2D eigenvalue weighted by Gasteiger charge is -2.27. The molecule has 0 fully saturated rings. The van der Waals surface area contributed by atoms with Crippen LogP contribution in [0.4, 0.5) is 5.69 Å². The molecule has 12 heteroatoms. The summed E-state index contributed by atoms with van der Waals surface area (Å²) in [5, 5.41) is 15.5. The Labute approximate surface area is 205 Å². The molecule has 1 aliphatic heterocycles. The maximum atomic E-state index is 12.8. The third kappa shape index (κ3) is 4.36. The molecule has 0 spiro atoms. The molecule has 36 heavy (non-hydrogen) atoms. The molecule has 5 N–H and O–H groups in total. The number of fused-ring (bicyclic) bond motifs is 1. The number of benzene rings is 2. The van der Waals surface area contributed by atoms with E-state index in [4.69, 9.17) is 25.4 Å². The van der Waals surface area contributed by atoms with Crippen molar-refractivity contribution in [2.24, 2.45) is 5.73 Å². The van der Waals surface area contributed by atoms with Gasteiger partial charge in [-0.3, -0.25) is 10.4 Å². The molecule has 3 heterocycles. The van der Waals surface area contributed by atoms with Crippen LogP contribution in [0.5, 0.6) is 11.5 Å². The first kappa shape index (κ1) is 23.1. The number of anilines is 1. The topological polar surface area (TPSA) is 166 Å². The van der Waals surface area contributed by atoms with Crippen molar-refractivity contribution in [1.29, 1.82) is 5.41 Å². The molecule has 12 nitrogen and oxygen atoms in total. The highest BCUT2D eigenvalue weighted by molar-refractivity contribution is 5.95. The Kier molecular flexibility index (Phi) is 6.09. The van der Waals surface area contributed by atoms with Gasteiger partial charge in [-0.1, -0.05) is 0 Å². The van der Waals surface area contributed by atoms with Crippen molar-refractivity contribution in [2.75, 3.05) is 19.2 Å². The van der Waals surface area contributed by atoms with Crippen molar-refractivity contribution in [3.63, 3.8) is 0 Å². The van der Waals surface area contributed by atoms with Crippen molar-refractivity contribution < 1.29 is 14.2 Å². The molecule has 0 saturated carbocycles. The zero-order valence-electron chi connectivity index (χ0n) is 19.6. The molecule has 0 aliphatic carbocycles. The van der Waals surface area contributed by atoms with Crippen LogP contribution in [0.25, 0.3) is 5.95 Å². The SMILES string of the molecule is COc1cc(C(Nc2ccc(C(=N)N)cc2)c2nn(-c3ncccn3)c(=O)[nH]2)cc2c1OCO[C@H]2C. The number of nitrogens with zero attached hydrogens (tertiary/aromatic N) is 4. The van der Waals surface area contributed by atoms with E-state index in [1.807, 2.05) is 19.1 Å². The molecule has 0 bridgehead atoms. The van der Waals surface area contributed by atoms with Gasteiger partial charge in [-0.25, -0.2) is 14.8 Å². The second-order valence-electron chi connectivity index (χ2n) is 8.06. The van der Waals surface area contributed by atoms with Crippen LogP contribution in [0, 0.1) is 5.41 Å². The number of methoxy groups -OCH3 is 1. The van der Waals surface area contributed by atoms with Crippen LogP contribution in [0.15, 0.2) is 59.7 Å². The van der Waals surface area contributed by atoms with Crippen LogP contribution in [0.3, 0.4) is 0 Å². The maximum Gasteiger partial charge on any atom is 0.350 e. The van der Waals surface area contributed by atoms with Gasteiger partial charge < -0.3 is 25.3 Å². The van der Waals surface area contributed by atoms with Crippen molar-refractivity contribution in [3.8, 4) is 17.4 Å². The Balaban J connectivity index is 1.62. The summed E-state index contributed by atoms with van der Waals surface area (Å²) >= 11 is 0. The fourth-order valence-corrected chi connectivity index (χ4v) is 3.93. The molecule has 4 aromatic rings. The Morgan fingerprint density at radius 2 is 2.03 bits per heavy atom.